The van der Waals surface area contributed by atoms with Crippen molar-refractivity contribution >= 4 is 28.7 Å². The highest BCUT2D eigenvalue weighted by atomic mass is 16.2. The molecular weight excluding hydrogens is 488 g/mol. The highest BCUT2D eigenvalue weighted by Gasteiger charge is 2.60. The standard InChI is InChI=1S/C32H32N4O3/c1-21(29(37)33-19-17-24(22-11-5-3-6-12-22)23-13-7-4-8-14-23)36-30(38)32(2)28-26(18-20-35(32)31(36)39)25-15-9-10-16-27(25)34-28/h3-16,21,24,34H,17-20H2,1-2H3,(H,33,37). The Balaban J connectivity index is 1.19. The normalized spacial score (nSPS) is 19.4. The van der Waals surface area contributed by atoms with Gasteiger partial charge in [0.2, 0.25) is 5.91 Å². The number of imide groups is 1. The Kier molecular flexibility index (Phi) is 6.22. The van der Waals surface area contributed by atoms with Gasteiger partial charge in [-0.25, -0.2) is 9.69 Å². The van der Waals surface area contributed by atoms with E-state index < -0.39 is 17.6 Å². The number of fused-ring (bicyclic) bond motifs is 5. The summed E-state index contributed by atoms with van der Waals surface area (Å²) in [7, 11) is 0. The quantitative estimate of drug-likeness (QED) is 0.339. The van der Waals surface area contributed by atoms with Crippen molar-refractivity contribution < 1.29 is 14.4 Å². The van der Waals surface area contributed by atoms with Crippen molar-refractivity contribution in [2.75, 3.05) is 13.1 Å². The van der Waals surface area contributed by atoms with Crippen molar-refractivity contribution in [2.24, 2.45) is 0 Å². The Morgan fingerprint density at radius 1 is 0.949 bits per heavy atom. The van der Waals surface area contributed by atoms with E-state index in [1.54, 1.807) is 18.7 Å². The summed E-state index contributed by atoms with van der Waals surface area (Å²) in [5.41, 5.74) is 3.95. The maximum absolute atomic E-state index is 13.9. The monoisotopic (exact) mass is 520 g/mol. The molecule has 0 radical (unpaired) electrons. The third kappa shape index (κ3) is 4.00. The molecule has 2 unspecified atom stereocenters. The minimum Gasteiger partial charge on any atom is -0.356 e. The van der Waals surface area contributed by atoms with Crippen molar-refractivity contribution in [1.82, 2.24) is 20.1 Å². The highest BCUT2D eigenvalue weighted by Crippen LogP contribution is 2.44. The first-order valence-electron chi connectivity index (χ1n) is 13.5. The predicted molar refractivity (Wildman–Crippen MR) is 150 cm³/mol. The van der Waals surface area contributed by atoms with Crippen molar-refractivity contribution in [1.29, 1.82) is 0 Å². The number of rotatable bonds is 7. The number of benzene rings is 3. The molecule has 7 nitrogen and oxygen atoms in total. The zero-order valence-electron chi connectivity index (χ0n) is 22.2. The number of aromatic nitrogens is 1. The van der Waals surface area contributed by atoms with E-state index in [1.807, 2.05) is 60.7 Å². The van der Waals surface area contributed by atoms with E-state index in [1.165, 1.54) is 11.1 Å². The van der Waals surface area contributed by atoms with Gasteiger partial charge in [-0.3, -0.25) is 9.59 Å². The molecule has 4 amide bonds. The van der Waals surface area contributed by atoms with Crippen molar-refractivity contribution in [2.45, 2.75) is 44.2 Å². The van der Waals surface area contributed by atoms with Gasteiger partial charge >= 0.3 is 6.03 Å². The number of carbonyl (C=O) groups excluding carboxylic acids is 3. The topological polar surface area (TPSA) is 85.5 Å². The molecule has 3 heterocycles. The van der Waals surface area contributed by atoms with Gasteiger partial charge in [-0.05, 0) is 49.4 Å². The summed E-state index contributed by atoms with van der Waals surface area (Å²) in [5, 5.41) is 4.07. The zero-order valence-corrected chi connectivity index (χ0v) is 22.2. The van der Waals surface area contributed by atoms with E-state index in [0.29, 0.717) is 25.9 Å². The maximum atomic E-state index is 13.9. The molecule has 2 aliphatic rings. The minimum atomic E-state index is -1.16. The molecule has 1 saturated heterocycles. The number of carbonyl (C=O) groups is 3. The third-order valence-corrected chi connectivity index (χ3v) is 8.40. The molecular formula is C32H32N4O3. The lowest BCUT2D eigenvalue weighted by atomic mass is 9.87. The molecule has 2 atom stereocenters. The first-order chi connectivity index (χ1) is 18.9. The molecule has 7 heteroatoms. The van der Waals surface area contributed by atoms with Gasteiger partial charge in [0.05, 0.1) is 5.69 Å². The number of amides is 4. The lowest BCUT2D eigenvalue weighted by Crippen LogP contribution is -2.50. The zero-order chi connectivity index (χ0) is 27.1. The summed E-state index contributed by atoms with van der Waals surface area (Å²) in [6.07, 6.45) is 1.35. The molecule has 198 valence electrons. The van der Waals surface area contributed by atoms with Crippen LogP contribution in [0.2, 0.25) is 0 Å². The fourth-order valence-corrected chi connectivity index (χ4v) is 6.26. The van der Waals surface area contributed by atoms with Crippen LogP contribution in [0.25, 0.3) is 10.9 Å². The van der Waals surface area contributed by atoms with Gasteiger partial charge in [-0.1, -0.05) is 78.9 Å². The van der Waals surface area contributed by atoms with Crippen LogP contribution in [0, 0.1) is 0 Å². The van der Waals surface area contributed by atoms with Gasteiger partial charge in [0, 0.05) is 29.9 Å². The van der Waals surface area contributed by atoms with Crippen molar-refractivity contribution in [3.63, 3.8) is 0 Å². The Morgan fingerprint density at radius 2 is 1.56 bits per heavy atom. The minimum absolute atomic E-state index is 0.117. The van der Waals surface area contributed by atoms with Crippen LogP contribution in [-0.4, -0.2) is 51.8 Å². The van der Waals surface area contributed by atoms with E-state index in [0.717, 1.165) is 27.1 Å². The van der Waals surface area contributed by atoms with Gasteiger partial charge in [-0.15, -0.1) is 0 Å². The fourth-order valence-electron chi connectivity index (χ4n) is 6.26. The smallest absolute Gasteiger partial charge is 0.328 e. The van der Waals surface area contributed by atoms with E-state index >= 15 is 0 Å². The molecule has 1 aromatic heterocycles. The second-order valence-corrected chi connectivity index (χ2v) is 10.6. The summed E-state index contributed by atoms with van der Waals surface area (Å²) in [5.74, 6) is -0.586. The number of aromatic amines is 1. The summed E-state index contributed by atoms with van der Waals surface area (Å²) < 4.78 is 0. The molecule has 0 spiro atoms. The number of urea groups is 1. The Labute approximate surface area is 227 Å². The molecule has 0 aliphatic carbocycles. The number of H-pyrrole nitrogens is 1. The summed E-state index contributed by atoms with van der Waals surface area (Å²) >= 11 is 0. The van der Waals surface area contributed by atoms with E-state index in [2.05, 4.69) is 34.6 Å². The van der Waals surface area contributed by atoms with E-state index in [4.69, 9.17) is 0 Å². The van der Waals surface area contributed by atoms with Crippen LogP contribution in [0.3, 0.4) is 0 Å². The Morgan fingerprint density at radius 3 is 2.23 bits per heavy atom. The molecule has 4 aromatic rings. The van der Waals surface area contributed by atoms with Crippen LogP contribution in [0.1, 0.15) is 48.6 Å². The molecule has 39 heavy (non-hydrogen) atoms. The number of hydrogen-bond acceptors (Lipinski definition) is 3. The van der Waals surface area contributed by atoms with Crippen LogP contribution in [0.5, 0.6) is 0 Å². The maximum Gasteiger partial charge on any atom is 0.328 e. The van der Waals surface area contributed by atoms with Gasteiger partial charge in [0.15, 0.2) is 5.54 Å². The molecule has 6 rings (SSSR count). The molecule has 2 N–H and O–H groups in total. The molecule has 0 bridgehead atoms. The number of nitrogens with one attached hydrogen (secondary N) is 2. The summed E-state index contributed by atoms with van der Waals surface area (Å²) in [4.78, 5) is 46.8. The molecule has 2 aliphatic heterocycles. The summed E-state index contributed by atoms with van der Waals surface area (Å²) in [6, 6.07) is 27.0. The van der Waals surface area contributed by atoms with Crippen molar-refractivity contribution in [3.8, 4) is 0 Å². The van der Waals surface area contributed by atoms with Crippen LogP contribution in [0.15, 0.2) is 84.9 Å². The SMILES string of the molecule is CC(C(=O)NCCC(c1ccccc1)c1ccccc1)N1C(=O)N2CCc3c([nH]c4ccccc34)C2(C)C1=O. The van der Waals surface area contributed by atoms with Gasteiger partial charge in [0.1, 0.15) is 6.04 Å². The summed E-state index contributed by atoms with van der Waals surface area (Å²) in [6.45, 7) is 4.26. The van der Waals surface area contributed by atoms with Gasteiger partial charge < -0.3 is 15.2 Å². The predicted octanol–water partition coefficient (Wildman–Crippen LogP) is 4.93. The van der Waals surface area contributed by atoms with Crippen molar-refractivity contribution in [3.05, 3.63) is 107 Å². The first-order valence-corrected chi connectivity index (χ1v) is 13.5. The van der Waals surface area contributed by atoms with Gasteiger partial charge in [0.25, 0.3) is 5.91 Å². The lowest BCUT2D eigenvalue weighted by Gasteiger charge is -2.36. The van der Waals surface area contributed by atoms with E-state index in [9.17, 15) is 14.4 Å². The lowest BCUT2D eigenvalue weighted by molar-refractivity contribution is -0.139. The molecule has 1 fully saturated rings. The average molecular weight is 521 g/mol. The second kappa shape index (κ2) is 9.73. The Bertz CT molecular complexity index is 1510. The highest BCUT2D eigenvalue weighted by molar-refractivity contribution is 6.10. The number of para-hydroxylation sites is 1. The van der Waals surface area contributed by atoms with Crippen LogP contribution >= 0.6 is 0 Å². The largest absolute Gasteiger partial charge is 0.356 e. The Hall–Kier alpha value is -4.39. The number of nitrogens with zero attached hydrogens (tertiary/aromatic N) is 2. The van der Waals surface area contributed by atoms with Crippen LogP contribution in [0.4, 0.5) is 4.79 Å². The fraction of sp³-hybridized carbons (Fsp3) is 0.281. The van der Waals surface area contributed by atoms with E-state index in [-0.39, 0.29) is 17.7 Å². The molecule has 0 saturated carbocycles. The first kappa shape index (κ1) is 24.9. The third-order valence-electron chi connectivity index (χ3n) is 8.40. The average Bonchev–Trinajstić information content (AvgIpc) is 3.44. The molecule has 3 aromatic carbocycles. The van der Waals surface area contributed by atoms with Crippen LogP contribution < -0.4 is 5.32 Å². The number of hydrogen-bond donors (Lipinski definition) is 2. The van der Waals surface area contributed by atoms with Gasteiger partial charge in [-0.2, -0.15) is 0 Å². The van der Waals surface area contributed by atoms with Crippen LogP contribution in [-0.2, 0) is 21.5 Å². The second-order valence-electron chi connectivity index (χ2n) is 10.6.